The van der Waals surface area contributed by atoms with Crippen LogP contribution in [-0.2, 0) is 0 Å². The highest BCUT2D eigenvalue weighted by Crippen LogP contribution is 2.21. The number of nitrogens with zero attached hydrogens (tertiary/aromatic N) is 4. The molecule has 0 radical (unpaired) electrons. The molecule has 27 heavy (non-hydrogen) atoms. The highest BCUT2D eigenvalue weighted by molar-refractivity contribution is 5.44. The Morgan fingerprint density at radius 2 is 1.59 bits per heavy atom. The average molecular weight is 373 g/mol. The van der Waals surface area contributed by atoms with E-state index in [0.717, 1.165) is 19.0 Å². The lowest BCUT2D eigenvalue weighted by Crippen LogP contribution is -2.47. The first-order valence-electron chi connectivity index (χ1n) is 10.6. The quantitative estimate of drug-likeness (QED) is 0.740. The standard InChI is InChI=1S/C17H28N4.C6H12/c1-19-9-4-16(5-10-19)6-11-20-12-14-21(15-13-20)17-2-7-18-8-3-17;1-5-6(2,3)4/h2-3,7-8,16H,4-6,9-15H2,1H3;5H,1H2,2-4H3. The number of piperazine rings is 1. The summed E-state index contributed by atoms with van der Waals surface area (Å²) in [6.45, 7) is 18.6. The number of piperidine rings is 1. The van der Waals surface area contributed by atoms with Crippen LogP contribution in [0.4, 0.5) is 5.69 Å². The monoisotopic (exact) mass is 372 g/mol. The van der Waals surface area contributed by atoms with E-state index in [1.165, 1.54) is 57.7 Å². The lowest BCUT2D eigenvalue weighted by molar-refractivity contribution is 0.182. The maximum atomic E-state index is 4.10. The molecule has 0 atom stereocenters. The number of hydrogen-bond acceptors (Lipinski definition) is 4. The fourth-order valence-corrected chi connectivity index (χ4v) is 3.50. The maximum Gasteiger partial charge on any atom is 0.0397 e. The van der Waals surface area contributed by atoms with Gasteiger partial charge in [0, 0.05) is 44.3 Å². The van der Waals surface area contributed by atoms with Gasteiger partial charge in [-0.15, -0.1) is 6.58 Å². The minimum absolute atomic E-state index is 0.306. The van der Waals surface area contributed by atoms with Crippen LogP contribution in [0.3, 0.4) is 0 Å². The smallest absolute Gasteiger partial charge is 0.0397 e. The Kier molecular flexibility index (Phi) is 8.78. The first kappa shape index (κ1) is 21.9. The van der Waals surface area contributed by atoms with E-state index < -0.39 is 0 Å². The van der Waals surface area contributed by atoms with E-state index in [9.17, 15) is 0 Å². The molecule has 4 heteroatoms. The van der Waals surface area contributed by atoms with Gasteiger partial charge in [0.2, 0.25) is 0 Å². The van der Waals surface area contributed by atoms with Gasteiger partial charge in [-0.1, -0.05) is 26.8 Å². The summed E-state index contributed by atoms with van der Waals surface area (Å²) in [5.74, 6) is 0.958. The lowest BCUT2D eigenvalue weighted by atomic mass is 9.93. The second-order valence-electron chi connectivity index (χ2n) is 9.14. The van der Waals surface area contributed by atoms with Gasteiger partial charge in [-0.2, -0.15) is 0 Å². The largest absolute Gasteiger partial charge is 0.369 e. The molecule has 2 saturated heterocycles. The molecule has 0 amide bonds. The second kappa shape index (κ2) is 10.8. The van der Waals surface area contributed by atoms with Gasteiger partial charge in [-0.25, -0.2) is 0 Å². The Morgan fingerprint density at radius 3 is 2.11 bits per heavy atom. The molecule has 0 bridgehead atoms. The SMILES string of the molecule is C=CC(C)(C)C.CN1CCC(CCN2CCN(c3ccncc3)CC2)CC1. The molecule has 3 rings (SSSR count). The number of hydrogen-bond donors (Lipinski definition) is 0. The highest BCUT2D eigenvalue weighted by atomic mass is 15.3. The summed E-state index contributed by atoms with van der Waals surface area (Å²) >= 11 is 0. The number of anilines is 1. The molecular weight excluding hydrogens is 332 g/mol. The summed E-state index contributed by atoms with van der Waals surface area (Å²) in [7, 11) is 2.24. The normalized spacial score (nSPS) is 20.1. The number of allylic oxidation sites excluding steroid dienone is 1. The van der Waals surface area contributed by atoms with Crippen molar-refractivity contribution in [3.8, 4) is 0 Å². The van der Waals surface area contributed by atoms with Crippen LogP contribution in [0.2, 0.25) is 0 Å². The van der Waals surface area contributed by atoms with Gasteiger partial charge in [0.15, 0.2) is 0 Å². The number of likely N-dealkylation sites (tertiary alicyclic amines) is 1. The Bertz CT molecular complexity index is 521. The molecule has 152 valence electrons. The Balaban J connectivity index is 0.000000380. The third kappa shape index (κ3) is 8.44. The van der Waals surface area contributed by atoms with Crippen LogP contribution in [-0.4, -0.2) is 67.6 Å². The minimum Gasteiger partial charge on any atom is -0.369 e. The predicted molar refractivity (Wildman–Crippen MR) is 117 cm³/mol. The van der Waals surface area contributed by atoms with Gasteiger partial charge in [-0.05, 0) is 69.4 Å². The fourth-order valence-electron chi connectivity index (χ4n) is 3.50. The van der Waals surface area contributed by atoms with Gasteiger partial charge < -0.3 is 9.80 Å². The van der Waals surface area contributed by atoms with E-state index in [0.29, 0.717) is 5.41 Å². The van der Waals surface area contributed by atoms with Crippen molar-refractivity contribution >= 4 is 5.69 Å². The predicted octanol–water partition coefficient (Wildman–Crippen LogP) is 4.15. The summed E-state index contributed by atoms with van der Waals surface area (Å²) < 4.78 is 0. The first-order valence-corrected chi connectivity index (χ1v) is 10.6. The summed E-state index contributed by atoms with van der Waals surface area (Å²) in [5, 5.41) is 0. The first-order chi connectivity index (χ1) is 12.9. The molecule has 0 spiro atoms. The molecule has 0 aromatic carbocycles. The molecule has 2 aliphatic heterocycles. The Morgan fingerprint density at radius 1 is 1.04 bits per heavy atom. The molecular formula is C23H40N4. The topological polar surface area (TPSA) is 22.6 Å². The van der Waals surface area contributed by atoms with Crippen molar-refractivity contribution in [1.29, 1.82) is 0 Å². The molecule has 2 fully saturated rings. The third-order valence-electron chi connectivity index (χ3n) is 5.70. The highest BCUT2D eigenvalue weighted by Gasteiger charge is 2.20. The average Bonchev–Trinajstić information content (AvgIpc) is 2.69. The van der Waals surface area contributed by atoms with Gasteiger partial charge in [0.25, 0.3) is 0 Å². The van der Waals surface area contributed by atoms with Gasteiger partial charge >= 0.3 is 0 Å². The van der Waals surface area contributed by atoms with E-state index in [2.05, 4.69) is 66.2 Å². The molecule has 1 aromatic rings. The van der Waals surface area contributed by atoms with Gasteiger partial charge in [0.05, 0.1) is 0 Å². The van der Waals surface area contributed by atoms with Crippen LogP contribution >= 0.6 is 0 Å². The maximum absolute atomic E-state index is 4.10. The second-order valence-corrected chi connectivity index (χ2v) is 9.14. The zero-order valence-electron chi connectivity index (χ0n) is 18.0. The van der Waals surface area contributed by atoms with Gasteiger partial charge in [0.1, 0.15) is 0 Å². The molecule has 0 aliphatic carbocycles. The Labute approximate surface area is 167 Å². The van der Waals surface area contributed by atoms with Crippen LogP contribution < -0.4 is 4.90 Å². The van der Waals surface area contributed by atoms with Crippen molar-refractivity contribution in [2.24, 2.45) is 11.3 Å². The summed E-state index contributed by atoms with van der Waals surface area (Å²) in [5.41, 5.74) is 1.62. The van der Waals surface area contributed by atoms with E-state index in [1.807, 2.05) is 18.5 Å². The molecule has 1 aromatic heterocycles. The van der Waals surface area contributed by atoms with E-state index >= 15 is 0 Å². The van der Waals surface area contributed by atoms with E-state index in [-0.39, 0.29) is 0 Å². The fraction of sp³-hybridized carbons (Fsp3) is 0.696. The molecule has 2 aliphatic rings. The van der Waals surface area contributed by atoms with Crippen LogP contribution in [0.15, 0.2) is 37.2 Å². The van der Waals surface area contributed by atoms with Crippen LogP contribution in [0.25, 0.3) is 0 Å². The lowest BCUT2D eigenvalue weighted by Gasteiger charge is -2.37. The molecule has 0 unspecified atom stereocenters. The molecule has 4 nitrogen and oxygen atoms in total. The van der Waals surface area contributed by atoms with Gasteiger partial charge in [-0.3, -0.25) is 9.88 Å². The van der Waals surface area contributed by atoms with Crippen molar-refractivity contribution < 1.29 is 0 Å². The van der Waals surface area contributed by atoms with E-state index in [1.54, 1.807) is 0 Å². The summed E-state index contributed by atoms with van der Waals surface area (Å²) in [6.07, 6.45) is 9.90. The summed E-state index contributed by atoms with van der Waals surface area (Å²) in [6, 6.07) is 4.24. The van der Waals surface area contributed by atoms with Crippen molar-refractivity contribution in [3.05, 3.63) is 37.2 Å². The van der Waals surface area contributed by atoms with Crippen LogP contribution in [0.5, 0.6) is 0 Å². The molecule has 3 heterocycles. The number of aromatic nitrogens is 1. The molecule has 0 N–H and O–H groups in total. The third-order valence-corrected chi connectivity index (χ3v) is 5.70. The molecule has 0 saturated carbocycles. The zero-order valence-corrected chi connectivity index (χ0v) is 18.0. The zero-order chi connectivity index (χ0) is 19.7. The minimum atomic E-state index is 0.306. The van der Waals surface area contributed by atoms with E-state index in [4.69, 9.17) is 0 Å². The number of pyridine rings is 1. The van der Waals surface area contributed by atoms with Crippen molar-refractivity contribution in [1.82, 2.24) is 14.8 Å². The van der Waals surface area contributed by atoms with Crippen molar-refractivity contribution in [3.63, 3.8) is 0 Å². The van der Waals surface area contributed by atoms with Crippen molar-refractivity contribution in [2.45, 2.75) is 40.0 Å². The Hall–Kier alpha value is -1.39. The van der Waals surface area contributed by atoms with Crippen LogP contribution in [0, 0.1) is 11.3 Å². The van der Waals surface area contributed by atoms with Crippen molar-refractivity contribution in [2.75, 3.05) is 57.8 Å². The van der Waals surface area contributed by atoms with Crippen LogP contribution in [0.1, 0.15) is 40.0 Å². The summed E-state index contributed by atoms with van der Waals surface area (Å²) in [4.78, 5) is 11.7. The number of rotatable bonds is 4.